The van der Waals surface area contributed by atoms with Crippen molar-refractivity contribution in [2.75, 3.05) is 31.2 Å². The lowest BCUT2D eigenvalue weighted by atomic mass is 9.87. The summed E-state index contributed by atoms with van der Waals surface area (Å²) >= 11 is 0. The lowest BCUT2D eigenvalue weighted by Gasteiger charge is -2.20. The van der Waals surface area contributed by atoms with Crippen LogP contribution in [0.15, 0.2) is 4.52 Å². The second-order valence-electron chi connectivity index (χ2n) is 5.68. The van der Waals surface area contributed by atoms with E-state index < -0.39 is 0 Å². The lowest BCUT2D eigenvalue weighted by molar-refractivity contribution is 0.160. The van der Waals surface area contributed by atoms with Crippen molar-refractivity contribution in [1.82, 2.24) is 10.1 Å². The molecule has 1 aliphatic carbocycles. The maximum Gasteiger partial charge on any atom is 0.324 e. The third-order valence-corrected chi connectivity index (χ3v) is 4.27. The number of nitrogens with zero attached hydrogens (tertiary/aromatic N) is 3. The Morgan fingerprint density at radius 3 is 3.00 bits per heavy atom. The summed E-state index contributed by atoms with van der Waals surface area (Å²) in [6, 6.07) is 0.718. The van der Waals surface area contributed by atoms with Crippen LogP contribution in [0.3, 0.4) is 0 Å². The molecule has 3 aliphatic rings. The number of ether oxygens (including phenoxy) is 1. The Morgan fingerprint density at radius 2 is 2.24 bits per heavy atom. The smallest absolute Gasteiger partial charge is 0.324 e. The van der Waals surface area contributed by atoms with Crippen LogP contribution in [0.2, 0.25) is 0 Å². The van der Waals surface area contributed by atoms with E-state index in [0.29, 0.717) is 11.3 Å². The highest BCUT2D eigenvalue weighted by Crippen LogP contribution is 2.41. The van der Waals surface area contributed by atoms with E-state index in [1.165, 1.54) is 25.7 Å². The van der Waals surface area contributed by atoms with Gasteiger partial charge in [0.1, 0.15) is 0 Å². The van der Waals surface area contributed by atoms with Gasteiger partial charge in [-0.25, -0.2) is 0 Å². The average molecular weight is 235 g/mol. The second kappa shape index (κ2) is 3.45. The predicted molar refractivity (Wildman–Crippen MR) is 61.0 cm³/mol. The van der Waals surface area contributed by atoms with Gasteiger partial charge in [0.15, 0.2) is 5.82 Å². The minimum Gasteiger partial charge on any atom is -0.381 e. The Hall–Kier alpha value is -1.10. The highest BCUT2D eigenvalue weighted by atomic mass is 16.5. The van der Waals surface area contributed by atoms with Crippen molar-refractivity contribution in [2.45, 2.75) is 31.6 Å². The molecule has 0 bridgehead atoms. The van der Waals surface area contributed by atoms with Gasteiger partial charge in [-0.1, -0.05) is 5.16 Å². The molecule has 3 fully saturated rings. The van der Waals surface area contributed by atoms with Gasteiger partial charge in [0, 0.05) is 31.0 Å². The molecular weight excluding hydrogens is 218 g/mol. The Morgan fingerprint density at radius 1 is 1.29 bits per heavy atom. The first-order valence-electron chi connectivity index (χ1n) is 6.51. The van der Waals surface area contributed by atoms with E-state index in [4.69, 9.17) is 9.26 Å². The predicted octanol–water partition coefficient (Wildman–Crippen LogP) is 1.56. The van der Waals surface area contributed by atoms with Gasteiger partial charge >= 0.3 is 6.01 Å². The van der Waals surface area contributed by atoms with Crippen LogP contribution in [0.5, 0.6) is 0 Å². The molecule has 2 aliphatic heterocycles. The van der Waals surface area contributed by atoms with Crippen LogP contribution >= 0.6 is 0 Å². The monoisotopic (exact) mass is 235 g/mol. The SMILES string of the molecule is C1C[C@@]2(CCN(c3nc(C4CC4)no3)C2)CO1. The second-order valence-corrected chi connectivity index (χ2v) is 5.68. The fourth-order valence-electron chi connectivity index (χ4n) is 2.93. The fraction of sp³-hybridized carbons (Fsp3) is 0.833. The highest BCUT2D eigenvalue weighted by Gasteiger charge is 2.43. The topological polar surface area (TPSA) is 51.4 Å². The summed E-state index contributed by atoms with van der Waals surface area (Å²) in [7, 11) is 0. The largest absolute Gasteiger partial charge is 0.381 e. The first-order valence-corrected chi connectivity index (χ1v) is 6.51. The van der Waals surface area contributed by atoms with Gasteiger partial charge < -0.3 is 14.2 Å². The number of rotatable bonds is 2. The summed E-state index contributed by atoms with van der Waals surface area (Å²) in [5.41, 5.74) is 0.355. The molecule has 17 heavy (non-hydrogen) atoms. The molecule has 0 radical (unpaired) electrons. The molecule has 5 nitrogen and oxygen atoms in total. The molecule has 5 heteroatoms. The quantitative estimate of drug-likeness (QED) is 0.778. The van der Waals surface area contributed by atoms with Crippen molar-refractivity contribution in [1.29, 1.82) is 0 Å². The van der Waals surface area contributed by atoms with Gasteiger partial charge in [0.2, 0.25) is 0 Å². The summed E-state index contributed by atoms with van der Waals surface area (Å²) < 4.78 is 10.9. The van der Waals surface area contributed by atoms with E-state index in [1.54, 1.807) is 0 Å². The van der Waals surface area contributed by atoms with E-state index in [0.717, 1.165) is 38.1 Å². The molecule has 0 unspecified atom stereocenters. The zero-order valence-electron chi connectivity index (χ0n) is 9.89. The number of hydrogen-bond acceptors (Lipinski definition) is 5. The Bertz CT molecular complexity index is 421. The molecule has 1 saturated carbocycles. The van der Waals surface area contributed by atoms with Crippen LogP contribution in [0.4, 0.5) is 6.01 Å². The molecule has 92 valence electrons. The average Bonchev–Trinajstić information content (AvgIpc) is 2.84. The van der Waals surface area contributed by atoms with Crippen LogP contribution in [0, 0.1) is 5.41 Å². The van der Waals surface area contributed by atoms with Crippen LogP contribution in [-0.4, -0.2) is 36.4 Å². The first-order chi connectivity index (χ1) is 8.35. The van der Waals surface area contributed by atoms with Gasteiger partial charge in [-0.3, -0.25) is 0 Å². The van der Waals surface area contributed by atoms with Gasteiger partial charge in [-0.15, -0.1) is 0 Å². The molecular formula is C12H17N3O2. The van der Waals surface area contributed by atoms with E-state index >= 15 is 0 Å². The van der Waals surface area contributed by atoms with Crippen LogP contribution in [0.25, 0.3) is 0 Å². The normalized spacial score (nSPS) is 32.8. The minimum atomic E-state index is 0.355. The summed E-state index contributed by atoms with van der Waals surface area (Å²) in [5.74, 6) is 1.47. The third kappa shape index (κ3) is 1.64. The van der Waals surface area contributed by atoms with E-state index in [9.17, 15) is 0 Å². The number of hydrogen-bond donors (Lipinski definition) is 0. The van der Waals surface area contributed by atoms with Gasteiger partial charge in [0.25, 0.3) is 0 Å². The molecule has 1 spiro atoms. The van der Waals surface area contributed by atoms with E-state index in [-0.39, 0.29) is 0 Å². The van der Waals surface area contributed by atoms with Gasteiger partial charge in [-0.2, -0.15) is 4.98 Å². The molecule has 3 heterocycles. The standard InChI is InChI=1S/C12H17N3O2/c1-2-9(1)10-13-11(17-14-10)15-5-3-12(7-15)4-6-16-8-12/h9H,1-8H2/t12-/m1/s1. The third-order valence-electron chi connectivity index (χ3n) is 4.27. The lowest BCUT2D eigenvalue weighted by Crippen LogP contribution is -2.27. The summed E-state index contributed by atoms with van der Waals surface area (Å²) in [4.78, 5) is 6.75. The Balaban J connectivity index is 1.51. The summed E-state index contributed by atoms with van der Waals surface area (Å²) in [5, 5.41) is 4.08. The van der Waals surface area contributed by atoms with Crippen molar-refractivity contribution in [3.05, 3.63) is 5.82 Å². The molecule has 2 saturated heterocycles. The van der Waals surface area contributed by atoms with Crippen LogP contribution < -0.4 is 4.90 Å². The molecule has 0 aromatic carbocycles. The van der Waals surface area contributed by atoms with Crippen LogP contribution in [0.1, 0.15) is 37.4 Å². The molecule has 1 aromatic rings. The van der Waals surface area contributed by atoms with E-state index in [2.05, 4.69) is 15.0 Å². The molecule has 0 N–H and O–H groups in total. The Kier molecular flexibility index (Phi) is 2.00. The molecule has 4 rings (SSSR count). The van der Waals surface area contributed by atoms with Gasteiger partial charge in [0.05, 0.1) is 6.61 Å². The van der Waals surface area contributed by atoms with Crippen molar-refractivity contribution in [3.8, 4) is 0 Å². The number of anilines is 1. The first kappa shape index (κ1) is 9.88. The number of aromatic nitrogens is 2. The van der Waals surface area contributed by atoms with Crippen molar-refractivity contribution in [3.63, 3.8) is 0 Å². The van der Waals surface area contributed by atoms with E-state index in [1.807, 2.05) is 0 Å². The van der Waals surface area contributed by atoms with Crippen molar-refractivity contribution >= 4 is 6.01 Å². The maximum atomic E-state index is 5.53. The Labute approximate surface area is 100 Å². The van der Waals surface area contributed by atoms with Crippen molar-refractivity contribution in [2.24, 2.45) is 5.41 Å². The fourth-order valence-corrected chi connectivity index (χ4v) is 2.93. The zero-order valence-corrected chi connectivity index (χ0v) is 9.89. The minimum absolute atomic E-state index is 0.355. The molecule has 1 aromatic heterocycles. The summed E-state index contributed by atoms with van der Waals surface area (Å²) in [6.07, 6.45) is 4.80. The van der Waals surface area contributed by atoms with Gasteiger partial charge in [-0.05, 0) is 25.7 Å². The van der Waals surface area contributed by atoms with Crippen molar-refractivity contribution < 1.29 is 9.26 Å². The zero-order chi connectivity index (χ0) is 11.3. The summed E-state index contributed by atoms with van der Waals surface area (Å²) in [6.45, 7) is 3.84. The van der Waals surface area contributed by atoms with Crippen LogP contribution in [-0.2, 0) is 4.74 Å². The molecule has 1 atom stereocenters. The molecule has 0 amide bonds. The maximum absolute atomic E-state index is 5.53. The highest BCUT2D eigenvalue weighted by molar-refractivity contribution is 5.30.